The molecular weight excluding hydrogens is 216 g/mol. The Balaban J connectivity index is 2.54. The molecule has 0 saturated carbocycles. The molecule has 1 aliphatic rings. The molecule has 0 saturated heterocycles. The smallest absolute Gasteiger partial charge is 0.191 e. The van der Waals surface area contributed by atoms with Crippen molar-refractivity contribution in [1.29, 1.82) is 0 Å². The number of Topliss-reactive ketones (excluding diaryl/α,β-unsaturated/α-hetero) is 1. The molecule has 14 heavy (non-hydrogen) atoms. The molecule has 0 spiro atoms. The van der Waals surface area contributed by atoms with Gasteiger partial charge in [0.25, 0.3) is 0 Å². The van der Waals surface area contributed by atoms with Crippen molar-refractivity contribution in [2.75, 3.05) is 5.75 Å². The van der Waals surface area contributed by atoms with E-state index in [9.17, 15) is 4.79 Å². The molecule has 0 N–H and O–H groups in total. The van der Waals surface area contributed by atoms with E-state index in [-0.39, 0.29) is 5.78 Å². The van der Waals surface area contributed by atoms with Gasteiger partial charge in [-0.05, 0) is 19.1 Å². The zero-order valence-corrected chi connectivity index (χ0v) is 9.28. The number of hydrogen-bond acceptors (Lipinski definition) is 2. The molecule has 1 aromatic rings. The molecule has 1 aromatic carbocycles. The second-order valence-electron chi connectivity index (χ2n) is 3.25. The van der Waals surface area contributed by atoms with Gasteiger partial charge in [-0.1, -0.05) is 23.2 Å². The summed E-state index contributed by atoms with van der Waals surface area (Å²) in [7, 11) is 0. The summed E-state index contributed by atoms with van der Waals surface area (Å²) in [6.07, 6.45) is 0. The van der Waals surface area contributed by atoms with Crippen LogP contribution in [0.3, 0.4) is 0 Å². The minimum atomic E-state index is 0.0671. The SMILES string of the molecule is Cc1ccc2c(c1)C(=O)C(=CCl)CS2. The van der Waals surface area contributed by atoms with Gasteiger partial charge in [-0.25, -0.2) is 0 Å². The number of carbonyl (C=O) groups is 1. The topological polar surface area (TPSA) is 17.1 Å². The lowest BCUT2D eigenvalue weighted by Gasteiger charge is -2.16. The van der Waals surface area contributed by atoms with Crippen molar-refractivity contribution in [3.8, 4) is 0 Å². The summed E-state index contributed by atoms with van der Waals surface area (Å²) in [5, 5.41) is 0. The molecular formula is C11H9ClOS. The number of benzene rings is 1. The van der Waals surface area contributed by atoms with Crippen LogP contribution in [0.25, 0.3) is 0 Å². The molecule has 72 valence electrons. The van der Waals surface area contributed by atoms with E-state index in [1.165, 1.54) is 5.54 Å². The number of hydrogen-bond donors (Lipinski definition) is 0. The first kappa shape index (κ1) is 9.81. The Hall–Kier alpha value is -0.730. The third-order valence-electron chi connectivity index (χ3n) is 2.19. The van der Waals surface area contributed by atoms with E-state index in [4.69, 9.17) is 11.6 Å². The molecule has 0 unspecified atom stereocenters. The summed E-state index contributed by atoms with van der Waals surface area (Å²) >= 11 is 7.25. The second kappa shape index (κ2) is 3.79. The highest BCUT2D eigenvalue weighted by Crippen LogP contribution is 2.33. The highest BCUT2D eigenvalue weighted by Gasteiger charge is 2.21. The maximum Gasteiger partial charge on any atom is 0.191 e. The van der Waals surface area contributed by atoms with Gasteiger partial charge in [-0.2, -0.15) is 0 Å². The Morgan fingerprint density at radius 1 is 1.50 bits per heavy atom. The summed E-state index contributed by atoms with van der Waals surface area (Å²) in [5.41, 5.74) is 3.97. The first-order valence-electron chi connectivity index (χ1n) is 4.30. The fourth-order valence-electron chi connectivity index (χ4n) is 1.42. The number of rotatable bonds is 0. The largest absolute Gasteiger partial charge is 0.289 e. The van der Waals surface area contributed by atoms with Crippen LogP contribution < -0.4 is 0 Å². The summed E-state index contributed by atoms with van der Waals surface area (Å²) in [6, 6.07) is 5.94. The van der Waals surface area contributed by atoms with Crippen molar-refractivity contribution in [2.24, 2.45) is 0 Å². The first-order valence-corrected chi connectivity index (χ1v) is 5.72. The molecule has 0 fully saturated rings. The van der Waals surface area contributed by atoms with E-state index in [1.807, 2.05) is 25.1 Å². The monoisotopic (exact) mass is 224 g/mol. The third kappa shape index (κ3) is 1.60. The Morgan fingerprint density at radius 2 is 2.29 bits per heavy atom. The number of ketones is 1. The van der Waals surface area contributed by atoms with E-state index in [1.54, 1.807) is 11.8 Å². The predicted octanol–water partition coefficient (Wildman–Crippen LogP) is 3.41. The molecule has 0 amide bonds. The van der Waals surface area contributed by atoms with E-state index in [0.717, 1.165) is 16.0 Å². The molecule has 0 aromatic heterocycles. The number of halogens is 1. The molecule has 0 aliphatic carbocycles. The van der Waals surface area contributed by atoms with Crippen molar-refractivity contribution in [2.45, 2.75) is 11.8 Å². The summed E-state index contributed by atoms with van der Waals surface area (Å²) in [5.74, 6) is 0.746. The standard InChI is InChI=1S/C11H9ClOS/c1-7-2-3-10-9(4-7)11(13)8(5-12)6-14-10/h2-5H,6H2,1H3. The minimum absolute atomic E-state index is 0.0671. The van der Waals surface area contributed by atoms with Crippen LogP contribution in [0, 0.1) is 6.92 Å². The molecule has 2 rings (SSSR count). The van der Waals surface area contributed by atoms with Crippen LogP contribution in [0.15, 0.2) is 34.2 Å². The summed E-state index contributed by atoms with van der Waals surface area (Å²) in [6.45, 7) is 1.98. The lowest BCUT2D eigenvalue weighted by atomic mass is 10.0. The van der Waals surface area contributed by atoms with Crippen molar-refractivity contribution in [1.82, 2.24) is 0 Å². The van der Waals surface area contributed by atoms with Crippen LogP contribution in [0.2, 0.25) is 0 Å². The molecule has 3 heteroatoms. The van der Waals surface area contributed by atoms with Gasteiger partial charge in [-0.15, -0.1) is 11.8 Å². The third-order valence-corrected chi connectivity index (χ3v) is 3.57. The van der Waals surface area contributed by atoms with Gasteiger partial charge < -0.3 is 0 Å². The molecule has 1 aliphatic heterocycles. The Bertz CT molecular complexity index is 423. The molecule has 1 heterocycles. The molecule has 0 radical (unpaired) electrons. The lowest BCUT2D eigenvalue weighted by Crippen LogP contribution is -2.12. The van der Waals surface area contributed by atoms with Gasteiger partial charge in [-0.3, -0.25) is 4.79 Å². The average molecular weight is 225 g/mol. The van der Waals surface area contributed by atoms with Crippen LogP contribution >= 0.6 is 23.4 Å². The van der Waals surface area contributed by atoms with E-state index in [2.05, 4.69) is 0 Å². The second-order valence-corrected chi connectivity index (χ2v) is 4.49. The average Bonchev–Trinajstić information content (AvgIpc) is 2.20. The molecule has 0 bridgehead atoms. The highest BCUT2D eigenvalue weighted by molar-refractivity contribution is 7.99. The number of carbonyl (C=O) groups excluding carboxylic acids is 1. The van der Waals surface area contributed by atoms with Crippen molar-refractivity contribution in [3.63, 3.8) is 0 Å². The van der Waals surface area contributed by atoms with Crippen LogP contribution in [-0.4, -0.2) is 11.5 Å². The van der Waals surface area contributed by atoms with E-state index in [0.29, 0.717) is 11.3 Å². The van der Waals surface area contributed by atoms with Crippen LogP contribution in [-0.2, 0) is 0 Å². The van der Waals surface area contributed by atoms with E-state index >= 15 is 0 Å². The fraction of sp³-hybridized carbons (Fsp3) is 0.182. The van der Waals surface area contributed by atoms with Crippen molar-refractivity contribution >= 4 is 29.1 Å². The van der Waals surface area contributed by atoms with Crippen molar-refractivity contribution in [3.05, 3.63) is 40.4 Å². The number of aryl methyl sites for hydroxylation is 1. The predicted molar refractivity (Wildman–Crippen MR) is 60.2 cm³/mol. The van der Waals surface area contributed by atoms with Gasteiger partial charge in [0, 0.05) is 27.3 Å². The van der Waals surface area contributed by atoms with Crippen molar-refractivity contribution < 1.29 is 4.79 Å². The zero-order chi connectivity index (χ0) is 10.1. The number of fused-ring (bicyclic) bond motifs is 1. The minimum Gasteiger partial charge on any atom is -0.289 e. The first-order chi connectivity index (χ1) is 6.72. The quantitative estimate of drug-likeness (QED) is 0.629. The maximum absolute atomic E-state index is 11.8. The Kier molecular flexibility index (Phi) is 2.66. The van der Waals surface area contributed by atoms with Gasteiger partial charge in [0.2, 0.25) is 0 Å². The van der Waals surface area contributed by atoms with Gasteiger partial charge in [0.15, 0.2) is 5.78 Å². The lowest BCUT2D eigenvalue weighted by molar-refractivity contribution is 0.103. The number of thioether (sulfide) groups is 1. The fourth-order valence-corrected chi connectivity index (χ4v) is 2.69. The van der Waals surface area contributed by atoms with E-state index < -0.39 is 0 Å². The normalized spacial score (nSPS) is 18.4. The van der Waals surface area contributed by atoms with Crippen LogP contribution in [0.4, 0.5) is 0 Å². The Morgan fingerprint density at radius 3 is 3.00 bits per heavy atom. The van der Waals surface area contributed by atoms with Crippen LogP contribution in [0.1, 0.15) is 15.9 Å². The van der Waals surface area contributed by atoms with Gasteiger partial charge in [0.1, 0.15) is 0 Å². The zero-order valence-electron chi connectivity index (χ0n) is 7.71. The van der Waals surface area contributed by atoms with Gasteiger partial charge >= 0.3 is 0 Å². The van der Waals surface area contributed by atoms with Crippen LogP contribution in [0.5, 0.6) is 0 Å². The Labute approximate surface area is 92.1 Å². The summed E-state index contributed by atoms with van der Waals surface area (Å²) in [4.78, 5) is 12.9. The summed E-state index contributed by atoms with van der Waals surface area (Å²) < 4.78 is 0. The van der Waals surface area contributed by atoms with Gasteiger partial charge in [0.05, 0.1) is 0 Å². The highest BCUT2D eigenvalue weighted by atomic mass is 35.5. The molecule has 0 atom stereocenters. The maximum atomic E-state index is 11.8. The molecule has 1 nitrogen and oxygen atoms in total.